The molecule has 0 atom stereocenters. The van der Waals surface area contributed by atoms with Crippen molar-refractivity contribution in [1.29, 1.82) is 0 Å². The molecule has 0 radical (unpaired) electrons. The lowest BCUT2D eigenvalue weighted by molar-refractivity contribution is -0.136. The first-order valence-electron chi connectivity index (χ1n) is 6.42. The predicted molar refractivity (Wildman–Crippen MR) is 62.0 cm³/mol. The van der Waals surface area contributed by atoms with E-state index in [0.717, 1.165) is 32.5 Å². The van der Waals surface area contributed by atoms with Crippen LogP contribution < -0.4 is 5.32 Å². The molecule has 1 amide bonds. The van der Waals surface area contributed by atoms with E-state index in [9.17, 15) is 4.79 Å². The van der Waals surface area contributed by atoms with Gasteiger partial charge in [-0.05, 0) is 44.7 Å². The van der Waals surface area contributed by atoms with Crippen molar-refractivity contribution in [3.8, 4) is 0 Å². The Labute approximate surface area is 97.0 Å². The van der Waals surface area contributed by atoms with E-state index in [-0.39, 0.29) is 6.61 Å². The van der Waals surface area contributed by atoms with Gasteiger partial charge < -0.3 is 15.3 Å². The molecule has 2 aliphatic rings. The van der Waals surface area contributed by atoms with Gasteiger partial charge in [0.2, 0.25) is 5.91 Å². The second-order valence-electron chi connectivity index (χ2n) is 4.98. The van der Waals surface area contributed by atoms with Crippen LogP contribution in [0.4, 0.5) is 0 Å². The minimum Gasteiger partial charge on any atom is -0.396 e. The molecule has 0 unspecified atom stereocenters. The number of carbonyl (C=O) groups excluding carboxylic acids is 1. The molecular formula is C12H22N2O2. The summed E-state index contributed by atoms with van der Waals surface area (Å²) in [5.41, 5.74) is 0. The highest BCUT2D eigenvalue weighted by molar-refractivity contribution is 5.77. The van der Waals surface area contributed by atoms with Crippen molar-refractivity contribution in [1.82, 2.24) is 10.2 Å². The third-order valence-electron chi connectivity index (χ3n) is 3.72. The Hall–Kier alpha value is -0.610. The van der Waals surface area contributed by atoms with Gasteiger partial charge in [-0.15, -0.1) is 0 Å². The van der Waals surface area contributed by atoms with Crippen molar-refractivity contribution in [2.45, 2.75) is 38.1 Å². The molecule has 16 heavy (non-hydrogen) atoms. The van der Waals surface area contributed by atoms with Crippen molar-refractivity contribution < 1.29 is 9.90 Å². The van der Waals surface area contributed by atoms with E-state index in [0.29, 0.717) is 30.7 Å². The molecule has 4 heteroatoms. The molecule has 1 saturated heterocycles. The predicted octanol–water partition coefficient (Wildman–Crippen LogP) is 0.359. The normalized spacial score (nSPS) is 21.3. The summed E-state index contributed by atoms with van der Waals surface area (Å²) in [6.45, 7) is 2.90. The Kier molecular flexibility index (Phi) is 4.18. The largest absolute Gasteiger partial charge is 0.396 e. The lowest BCUT2D eigenvalue weighted by Gasteiger charge is -2.39. The lowest BCUT2D eigenvalue weighted by atomic mass is 9.90. The van der Waals surface area contributed by atoms with E-state index < -0.39 is 0 Å². The van der Waals surface area contributed by atoms with E-state index in [4.69, 9.17) is 5.11 Å². The van der Waals surface area contributed by atoms with Gasteiger partial charge in [-0.25, -0.2) is 0 Å². The van der Waals surface area contributed by atoms with Gasteiger partial charge >= 0.3 is 0 Å². The quantitative estimate of drug-likeness (QED) is 0.687. The lowest BCUT2D eigenvalue weighted by Crippen LogP contribution is -2.49. The number of nitrogens with zero attached hydrogens (tertiary/aromatic N) is 1. The molecule has 92 valence electrons. The van der Waals surface area contributed by atoms with Gasteiger partial charge in [0.05, 0.1) is 0 Å². The molecule has 1 saturated carbocycles. The Balaban J connectivity index is 1.80. The van der Waals surface area contributed by atoms with Gasteiger partial charge in [0.25, 0.3) is 0 Å². The molecule has 0 aromatic heterocycles. The van der Waals surface area contributed by atoms with Crippen LogP contribution >= 0.6 is 0 Å². The zero-order valence-electron chi connectivity index (χ0n) is 9.82. The first-order chi connectivity index (χ1) is 7.81. The van der Waals surface area contributed by atoms with Crippen molar-refractivity contribution in [2.24, 2.45) is 5.92 Å². The standard InChI is InChI=1S/C12H22N2O2/c15-6-2-5-14(11-3-1-4-11)12(16)7-10-8-13-9-10/h10-11,13,15H,1-9H2. The Morgan fingerprint density at radius 3 is 2.56 bits per heavy atom. The van der Waals surface area contributed by atoms with Gasteiger partial charge in [0, 0.05) is 25.6 Å². The number of hydrogen-bond acceptors (Lipinski definition) is 3. The van der Waals surface area contributed by atoms with E-state index >= 15 is 0 Å². The minimum atomic E-state index is 0.182. The summed E-state index contributed by atoms with van der Waals surface area (Å²) in [5.74, 6) is 0.842. The van der Waals surface area contributed by atoms with Crippen molar-refractivity contribution >= 4 is 5.91 Å². The fourth-order valence-corrected chi connectivity index (χ4v) is 2.31. The number of amides is 1. The maximum atomic E-state index is 12.1. The fourth-order valence-electron chi connectivity index (χ4n) is 2.31. The molecule has 2 rings (SSSR count). The SMILES string of the molecule is O=C(CC1CNC1)N(CCCO)C1CCC1. The highest BCUT2D eigenvalue weighted by Gasteiger charge is 2.30. The Bertz CT molecular complexity index is 237. The summed E-state index contributed by atoms with van der Waals surface area (Å²) in [5, 5.41) is 12.1. The van der Waals surface area contributed by atoms with Crippen LogP contribution in [0, 0.1) is 5.92 Å². The van der Waals surface area contributed by atoms with Gasteiger partial charge in [-0.1, -0.05) is 0 Å². The second-order valence-corrected chi connectivity index (χ2v) is 4.98. The minimum absolute atomic E-state index is 0.182. The molecule has 1 aliphatic heterocycles. The van der Waals surface area contributed by atoms with Crippen LogP contribution in [0.5, 0.6) is 0 Å². The van der Waals surface area contributed by atoms with Crippen LogP contribution in [0.1, 0.15) is 32.1 Å². The summed E-state index contributed by atoms with van der Waals surface area (Å²) in [7, 11) is 0. The summed E-state index contributed by atoms with van der Waals surface area (Å²) in [6, 6.07) is 0.465. The number of carbonyl (C=O) groups is 1. The molecule has 0 aromatic carbocycles. The van der Waals surface area contributed by atoms with Crippen LogP contribution in [-0.4, -0.2) is 48.2 Å². The Morgan fingerprint density at radius 1 is 1.38 bits per heavy atom. The average molecular weight is 226 g/mol. The summed E-state index contributed by atoms with van der Waals surface area (Å²) in [6.07, 6.45) is 4.96. The van der Waals surface area contributed by atoms with Crippen LogP contribution in [0.2, 0.25) is 0 Å². The summed E-state index contributed by atoms with van der Waals surface area (Å²) >= 11 is 0. The van der Waals surface area contributed by atoms with Crippen LogP contribution in [0.15, 0.2) is 0 Å². The molecule has 0 aromatic rings. The third-order valence-corrected chi connectivity index (χ3v) is 3.72. The fraction of sp³-hybridized carbons (Fsp3) is 0.917. The van der Waals surface area contributed by atoms with Gasteiger partial charge in [-0.2, -0.15) is 0 Å². The molecule has 1 aliphatic carbocycles. The van der Waals surface area contributed by atoms with Crippen LogP contribution in [0.3, 0.4) is 0 Å². The first-order valence-corrected chi connectivity index (χ1v) is 6.42. The van der Waals surface area contributed by atoms with Gasteiger partial charge in [0.15, 0.2) is 0 Å². The number of hydrogen-bond donors (Lipinski definition) is 2. The third kappa shape index (κ3) is 2.74. The number of aliphatic hydroxyl groups is 1. The molecule has 2 fully saturated rings. The zero-order valence-corrected chi connectivity index (χ0v) is 9.82. The number of nitrogens with one attached hydrogen (secondary N) is 1. The molecule has 1 heterocycles. The van der Waals surface area contributed by atoms with E-state index in [1.165, 1.54) is 6.42 Å². The Morgan fingerprint density at radius 2 is 2.12 bits per heavy atom. The number of aliphatic hydroxyl groups excluding tert-OH is 1. The molecule has 0 bridgehead atoms. The summed E-state index contributed by atoms with van der Waals surface area (Å²) < 4.78 is 0. The molecule has 0 spiro atoms. The summed E-state index contributed by atoms with van der Waals surface area (Å²) in [4.78, 5) is 14.1. The van der Waals surface area contributed by atoms with Crippen molar-refractivity contribution in [3.05, 3.63) is 0 Å². The number of rotatable bonds is 6. The molecular weight excluding hydrogens is 204 g/mol. The van der Waals surface area contributed by atoms with E-state index in [1.807, 2.05) is 4.90 Å². The van der Waals surface area contributed by atoms with E-state index in [1.54, 1.807) is 0 Å². The molecule has 4 nitrogen and oxygen atoms in total. The maximum absolute atomic E-state index is 12.1. The molecule has 2 N–H and O–H groups in total. The van der Waals surface area contributed by atoms with Crippen molar-refractivity contribution in [2.75, 3.05) is 26.2 Å². The van der Waals surface area contributed by atoms with Crippen LogP contribution in [-0.2, 0) is 4.79 Å². The highest BCUT2D eigenvalue weighted by atomic mass is 16.3. The van der Waals surface area contributed by atoms with Gasteiger partial charge in [0.1, 0.15) is 0 Å². The maximum Gasteiger partial charge on any atom is 0.223 e. The average Bonchev–Trinajstić information content (AvgIpc) is 2.14. The van der Waals surface area contributed by atoms with Crippen molar-refractivity contribution in [3.63, 3.8) is 0 Å². The smallest absolute Gasteiger partial charge is 0.223 e. The topological polar surface area (TPSA) is 52.6 Å². The second kappa shape index (κ2) is 5.64. The zero-order chi connectivity index (χ0) is 11.4. The van der Waals surface area contributed by atoms with Crippen LogP contribution in [0.25, 0.3) is 0 Å². The first kappa shape index (κ1) is 11.9. The monoisotopic (exact) mass is 226 g/mol. The highest BCUT2D eigenvalue weighted by Crippen LogP contribution is 2.26. The van der Waals surface area contributed by atoms with E-state index in [2.05, 4.69) is 5.32 Å². The van der Waals surface area contributed by atoms with Gasteiger partial charge in [-0.3, -0.25) is 4.79 Å².